The first-order valence-electron chi connectivity index (χ1n) is 10.7. The van der Waals surface area contributed by atoms with Crippen LogP contribution in [0.15, 0.2) is 66.7 Å². The third-order valence-corrected chi connectivity index (χ3v) is 5.04. The molecule has 0 bridgehead atoms. The van der Waals surface area contributed by atoms with Crippen LogP contribution in [0.2, 0.25) is 0 Å². The Hall–Kier alpha value is -3.40. The molecule has 0 aliphatic heterocycles. The molecule has 0 atom stereocenters. The topological polar surface area (TPSA) is 52.6 Å². The van der Waals surface area contributed by atoms with Gasteiger partial charge in [-0.3, -0.25) is 0 Å². The number of rotatable bonds is 8. The molecule has 0 fully saturated rings. The van der Waals surface area contributed by atoms with E-state index in [1.54, 1.807) is 48.5 Å². The molecule has 0 saturated heterocycles. The Bertz CT molecular complexity index is 1040. The van der Waals surface area contributed by atoms with E-state index in [2.05, 4.69) is 13.8 Å². The van der Waals surface area contributed by atoms with Crippen molar-refractivity contribution in [1.82, 2.24) is 0 Å². The summed E-state index contributed by atoms with van der Waals surface area (Å²) in [6.07, 6.45) is 3.43. The lowest BCUT2D eigenvalue weighted by Crippen LogP contribution is -2.16. The van der Waals surface area contributed by atoms with E-state index in [9.17, 15) is 9.59 Å². The van der Waals surface area contributed by atoms with Crippen molar-refractivity contribution in [2.24, 2.45) is 0 Å². The molecule has 3 aromatic rings. The fourth-order valence-electron chi connectivity index (χ4n) is 3.58. The molecule has 0 aliphatic carbocycles. The van der Waals surface area contributed by atoms with Gasteiger partial charge in [-0.05, 0) is 55.2 Å². The first-order chi connectivity index (χ1) is 15.0. The van der Waals surface area contributed by atoms with Gasteiger partial charge in [-0.2, -0.15) is 0 Å². The molecule has 0 amide bonds. The second-order valence-electron chi connectivity index (χ2n) is 7.50. The van der Waals surface area contributed by atoms with Gasteiger partial charge in [0, 0.05) is 5.56 Å². The molecule has 0 radical (unpaired) electrons. The Kier molecular flexibility index (Phi) is 7.60. The van der Waals surface area contributed by atoms with Crippen molar-refractivity contribution in [2.75, 3.05) is 0 Å². The lowest BCUT2D eigenvalue weighted by molar-refractivity contribution is 0.0679. The smallest absolute Gasteiger partial charge is 0.343 e. The van der Waals surface area contributed by atoms with E-state index in [-0.39, 0.29) is 0 Å². The van der Waals surface area contributed by atoms with Crippen LogP contribution in [0.5, 0.6) is 11.5 Å². The molecular formula is C27H28O4. The number of benzene rings is 3. The maximum absolute atomic E-state index is 12.9. The van der Waals surface area contributed by atoms with Gasteiger partial charge in [-0.1, -0.05) is 69.2 Å². The van der Waals surface area contributed by atoms with Crippen molar-refractivity contribution >= 4 is 11.9 Å². The number of aryl methyl sites for hydroxylation is 2. The highest BCUT2D eigenvalue weighted by Crippen LogP contribution is 2.39. The Morgan fingerprint density at radius 3 is 1.68 bits per heavy atom. The van der Waals surface area contributed by atoms with Crippen LogP contribution < -0.4 is 9.47 Å². The standard InChI is InChI=1S/C27H28O4/c1-4-12-22-18-19(3)24(30-26(28)20-14-8-6-9-15-20)25(23(22)13-5-2)31-27(29)21-16-10-7-11-17-21/h6-11,14-18H,4-5,12-13H2,1-3H3. The molecule has 31 heavy (non-hydrogen) atoms. The zero-order valence-corrected chi connectivity index (χ0v) is 18.3. The largest absolute Gasteiger partial charge is 0.419 e. The first kappa shape index (κ1) is 22.3. The van der Waals surface area contributed by atoms with Gasteiger partial charge < -0.3 is 9.47 Å². The molecule has 0 unspecified atom stereocenters. The summed E-state index contributed by atoms with van der Waals surface area (Å²) in [6.45, 7) is 6.07. The summed E-state index contributed by atoms with van der Waals surface area (Å²) < 4.78 is 11.7. The van der Waals surface area contributed by atoms with Gasteiger partial charge in [-0.15, -0.1) is 0 Å². The number of hydrogen-bond donors (Lipinski definition) is 0. The Morgan fingerprint density at radius 2 is 1.19 bits per heavy atom. The first-order valence-corrected chi connectivity index (χ1v) is 10.7. The number of carbonyl (C=O) groups excluding carboxylic acids is 2. The highest BCUT2D eigenvalue weighted by molar-refractivity contribution is 5.93. The van der Waals surface area contributed by atoms with Gasteiger partial charge in [0.1, 0.15) is 0 Å². The number of hydrogen-bond acceptors (Lipinski definition) is 4. The molecule has 0 saturated carbocycles. The van der Waals surface area contributed by atoms with Crippen LogP contribution in [-0.4, -0.2) is 11.9 Å². The van der Waals surface area contributed by atoms with Gasteiger partial charge in [0.05, 0.1) is 11.1 Å². The van der Waals surface area contributed by atoms with Gasteiger partial charge in [-0.25, -0.2) is 9.59 Å². The minimum atomic E-state index is -0.480. The van der Waals surface area contributed by atoms with Gasteiger partial charge in [0.2, 0.25) is 0 Å². The van der Waals surface area contributed by atoms with Gasteiger partial charge in [0.15, 0.2) is 11.5 Å². The summed E-state index contributed by atoms with van der Waals surface area (Å²) in [5.41, 5.74) is 3.71. The summed E-state index contributed by atoms with van der Waals surface area (Å²) in [7, 11) is 0. The van der Waals surface area contributed by atoms with Crippen molar-refractivity contribution in [2.45, 2.75) is 46.5 Å². The maximum Gasteiger partial charge on any atom is 0.343 e. The molecule has 3 aromatic carbocycles. The third-order valence-electron chi connectivity index (χ3n) is 5.04. The predicted molar refractivity (Wildman–Crippen MR) is 122 cm³/mol. The molecular weight excluding hydrogens is 388 g/mol. The number of esters is 2. The van der Waals surface area contributed by atoms with Crippen LogP contribution in [0.4, 0.5) is 0 Å². The summed E-state index contributed by atoms with van der Waals surface area (Å²) >= 11 is 0. The van der Waals surface area contributed by atoms with Crippen molar-refractivity contribution < 1.29 is 19.1 Å². The second kappa shape index (κ2) is 10.6. The quantitative estimate of drug-likeness (QED) is 0.318. The summed E-state index contributed by atoms with van der Waals surface area (Å²) in [5.74, 6) is -0.292. The monoisotopic (exact) mass is 416 g/mol. The number of carbonyl (C=O) groups is 2. The average molecular weight is 417 g/mol. The van der Waals surface area contributed by atoms with Crippen LogP contribution in [-0.2, 0) is 12.8 Å². The third kappa shape index (κ3) is 5.40. The van der Waals surface area contributed by atoms with Crippen molar-refractivity contribution in [3.8, 4) is 11.5 Å². The summed E-state index contributed by atoms with van der Waals surface area (Å²) in [5, 5.41) is 0. The van der Waals surface area contributed by atoms with Crippen molar-refractivity contribution in [1.29, 1.82) is 0 Å². The van der Waals surface area contributed by atoms with Crippen molar-refractivity contribution in [3.05, 3.63) is 94.5 Å². The normalized spacial score (nSPS) is 10.5. The van der Waals surface area contributed by atoms with Crippen LogP contribution in [0, 0.1) is 6.92 Å². The zero-order chi connectivity index (χ0) is 22.2. The van der Waals surface area contributed by atoms with Gasteiger partial charge in [0.25, 0.3) is 0 Å². The molecule has 4 nitrogen and oxygen atoms in total. The van der Waals surface area contributed by atoms with E-state index in [4.69, 9.17) is 9.47 Å². The Morgan fingerprint density at radius 1 is 0.710 bits per heavy atom. The molecule has 0 spiro atoms. The van der Waals surface area contributed by atoms with Crippen LogP contribution in [0.3, 0.4) is 0 Å². The number of ether oxygens (including phenoxy) is 2. The minimum absolute atomic E-state index is 0.307. The van der Waals surface area contributed by atoms with E-state index in [0.29, 0.717) is 22.6 Å². The van der Waals surface area contributed by atoms with Crippen LogP contribution in [0.1, 0.15) is 64.1 Å². The minimum Gasteiger partial charge on any atom is -0.419 e. The lowest BCUT2D eigenvalue weighted by atomic mass is 9.95. The second-order valence-corrected chi connectivity index (χ2v) is 7.50. The van der Waals surface area contributed by atoms with E-state index < -0.39 is 11.9 Å². The average Bonchev–Trinajstić information content (AvgIpc) is 2.79. The van der Waals surface area contributed by atoms with Crippen LogP contribution in [0.25, 0.3) is 0 Å². The zero-order valence-electron chi connectivity index (χ0n) is 18.3. The van der Waals surface area contributed by atoms with E-state index in [0.717, 1.165) is 42.4 Å². The van der Waals surface area contributed by atoms with E-state index in [1.807, 2.05) is 25.1 Å². The summed E-state index contributed by atoms with van der Waals surface area (Å²) in [4.78, 5) is 25.7. The molecule has 160 valence electrons. The Balaban J connectivity index is 2.08. The predicted octanol–water partition coefficient (Wildman–Crippen LogP) is 6.34. The maximum atomic E-state index is 12.9. The highest BCUT2D eigenvalue weighted by atomic mass is 16.6. The molecule has 0 aromatic heterocycles. The highest BCUT2D eigenvalue weighted by Gasteiger charge is 2.24. The fraction of sp³-hybridized carbons (Fsp3) is 0.259. The SMILES string of the molecule is CCCc1cc(C)c(OC(=O)c2ccccc2)c(OC(=O)c2ccccc2)c1CCC. The fourth-order valence-corrected chi connectivity index (χ4v) is 3.58. The van der Waals surface area contributed by atoms with Gasteiger partial charge >= 0.3 is 11.9 Å². The molecule has 0 aliphatic rings. The van der Waals surface area contributed by atoms with Crippen LogP contribution >= 0.6 is 0 Å². The molecule has 0 N–H and O–H groups in total. The molecule has 0 heterocycles. The van der Waals surface area contributed by atoms with Crippen molar-refractivity contribution in [3.63, 3.8) is 0 Å². The Labute approximate surface area is 183 Å². The molecule has 4 heteroatoms. The summed E-state index contributed by atoms with van der Waals surface area (Å²) in [6, 6.07) is 19.7. The lowest BCUT2D eigenvalue weighted by Gasteiger charge is -2.20. The molecule has 3 rings (SSSR count). The van der Waals surface area contributed by atoms with E-state index in [1.165, 1.54) is 0 Å². The van der Waals surface area contributed by atoms with E-state index >= 15 is 0 Å².